The van der Waals surface area contributed by atoms with Crippen LogP contribution in [0, 0.1) is 11.3 Å². The standard InChI is InChI=1S/C26H26F3N7O2/c1-18-17-35(24-20(16-30)5-3-7-31-24)8-9-36(18)23-15-22(32-25(33-23)34-10-12-37-13-11-34)19-4-2-6-21(14-19)38-26(27,28)29/h2-7,14-15,18H,8-13,17H2,1H3/t18-/m1/s1. The fourth-order valence-electron chi connectivity index (χ4n) is 4.70. The van der Waals surface area contributed by atoms with Crippen molar-refractivity contribution in [1.29, 1.82) is 5.26 Å². The van der Waals surface area contributed by atoms with Gasteiger partial charge >= 0.3 is 6.36 Å². The highest BCUT2D eigenvalue weighted by atomic mass is 19.4. The number of pyridine rings is 1. The summed E-state index contributed by atoms with van der Waals surface area (Å²) >= 11 is 0. The molecular weight excluding hydrogens is 499 g/mol. The van der Waals surface area contributed by atoms with Crippen molar-refractivity contribution in [2.24, 2.45) is 0 Å². The molecule has 0 N–H and O–H groups in total. The number of alkyl halides is 3. The van der Waals surface area contributed by atoms with E-state index in [1.165, 1.54) is 18.2 Å². The number of hydrogen-bond donors (Lipinski definition) is 0. The van der Waals surface area contributed by atoms with Gasteiger partial charge in [-0.05, 0) is 31.2 Å². The lowest BCUT2D eigenvalue weighted by Crippen LogP contribution is -2.53. The van der Waals surface area contributed by atoms with Crippen molar-refractivity contribution >= 4 is 17.6 Å². The van der Waals surface area contributed by atoms with Gasteiger partial charge in [-0.15, -0.1) is 13.2 Å². The van der Waals surface area contributed by atoms with Gasteiger partial charge in [0.1, 0.15) is 23.5 Å². The molecule has 198 valence electrons. The molecule has 1 aromatic carbocycles. The maximum atomic E-state index is 12.8. The van der Waals surface area contributed by atoms with Crippen molar-refractivity contribution < 1.29 is 22.6 Å². The second-order valence-electron chi connectivity index (χ2n) is 9.06. The molecule has 5 rings (SSSR count). The largest absolute Gasteiger partial charge is 0.573 e. The van der Waals surface area contributed by atoms with Crippen molar-refractivity contribution in [3.63, 3.8) is 0 Å². The maximum absolute atomic E-state index is 12.8. The molecule has 2 saturated heterocycles. The van der Waals surface area contributed by atoms with E-state index in [0.717, 1.165) is 0 Å². The van der Waals surface area contributed by atoms with Gasteiger partial charge in [-0.25, -0.2) is 9.97 Å². The minimum absolute atomic E-state index is 0.0116. The molecular formula is C26H26F3N7O2. The summed E-state index contributed by atoms with van der Waals surface area (Å²) < 4.78 is 48.1. The quantitative estimate of drug-likeness (QED) is 0.493. The molecule has 9 nitrogen and oxygen atoms in total. The Hall–Kier alpha value is -4.11. The van der Waals surface area contributed by atoms with Crippen molar-refractivity contribution in [2.75, 3.05) is 60.6 Å². The summed E-state index contributed by atoms with van der Waals surface area (Å²) in [6.07, 6.45) is -3.11. The number of piperazine rings is 1. The predicted octanol–water partition coefficient (Wildman–Crippen LogP) is 3.86. The Morgan fingerprint density at radius 1 is 1.03 bits per heavy atom. The highest BCUT2D eigenvalue weighted by molar-refractivity contribution is 5.67. The summed E-state index contributed by atoms with van der Waals surface area (Å²) in [5, 5.41) is 9.49. The normalized spacial score (nSPS) is 18.3. The number of rotatable bonds is 5. The van der Waals surface area contributed by atoms with E-state index in [1.54, 1.807) is 30.5 Å². The first-order chi connectivity index (χ1) is 18.3. The molecule has 2 fully saturated rings. The molecule has 12 heteroatoms. The Labute approximate surface area is 218 Å². The smallest absolute Gasteiger partial charge is 0.406 e. The number of ether oxygens (including phenoxy) is 2. The van der Waals surface area contributed by atoms with Gasteiger partial charge in [0.25, 0.3) is 0 Å². The fraction of sp³-hybridized carbons (Fsp3) is 0.385. The van der Waals surface area contributed by atoms with Crippen LogP contribution in [0.1, 0.15) is 12.5 Å². The molecule has 2 aromatic heterocycles. The Balaban J connectivity index is 1.47. The van der Waals surface area contributed by atoms with Crippen molar-refractivity contribution in [1.82, 2.24) is 15.0 Å². The van der Waals surface area contributed by atoms with E-state index in [1.807, 2.05) is 4.90 Å². The minimum atomic E-state index is -4.79. The number of morpholine rings is 1. The van der Waals surface area contributed by atoms with Crippen LogP contribution in [0.25, 0.3) is 11.3 Å². The molecule has 3 aromatic rings. The summed E-state index contributed by atoms with van der Waals surface area (Å²) in [4.78, 5) is 20.2. The number of aromatic nitrogens is 3. The lowest BCUT2D eigenvalue weighted by molar-refractivity contribution is -0.274. The van der Waals surface area contributed by atoms with Crippen LogP contribution in [0.5, 0.6) is 5.75 Å². The van der Waals surface area contributed by atoms with Crippen molar-refractivity contribution in [2.45, 2.75) is 19.3 Å². The van der Waals surface area contributed by atoms with Gasteiger partial charge in [0.2, 0.25) is 5.95 Å². The van der Waals surface area contributed by atoms with E-state index in [0.29, 0.717) is 80.3 Å². The fourth-order valence-corrected chi connectivity index (χ4v) is 4.70. The molecule has 0 amide bonds. The van der Waals surface area contributed by atoms with E-state index in [2.05, 4.69) is 32.5 Å². The van der Waals surface area contributed by atoms with Gasteiger partial charge in [-0.2, -0.15) is 10.2 Å². The predicted molar refractivity (Wildman–Crippen MR) is 135 cm³/mol. The highest BCUT2D eigenvalue weighted by Gasteiger charge is 2.32. The van der Waals surface area contributed by atoms with Crippen LogP contribution in [0.15, 0.2) is 48.7 Å². The maximum Gasteiger partial charge on any atom is 0.573 e. The van der Waals surface area contributed by atoms with E-state index < -0.39 is 6.36 Å². The first-order valence-corrected chi connectivity index (χ1v) is 12.3. The van der Waals surface area contributed by atoms with Gasteiger partial charge in [0, 0.05) is 56.6 Å². The van der Waals surface area contributed by atoms with Crippen LogP contribution in [0.3, 0.4) is 0 Å². The number of anilines is 3. The van der Waals surface area contributed by atoms with Crippen molar-refractivity contribution in [3.05, 3.63) is 54.2 Å². The van der Waals surface area contributed by atoms with Crippen LogP contribution in [-0.4, -0.2) is 73.3 Å². The van der Waals surface area contributed by atoms with E-state index in [9.17, 15) is 18.4 Å². The molecule has 1 atom stereocenters. The molecule has 0 aliphatic carbocycles. The second kappa shape index (κ2) is 10.7. The Bertz CT molecular complexity index is 1320. The van der Waals surface area contributed by atoms with Gasteiger partial charge in [-0.1, -0.05) is 12.1 Å². The van der Waals surface area contributed by atoms with Crippen LogP contribution < -0.4 is 19.4 Å². The highest BCUT2D eigenvalue weighted by Crippen LogP contribution is 2.32. The zero-order valence-corrected chi connectivity index (χ0v) is 20.7. The third kappa shape index (κ3) is 5.73. The molecule has 4 heterocycles. The zero-order chi connectivity index (χ0) is 26.7. The molecule has 0 radical (unpaired) electrons. The third-order valence-electron chi connectivity index (χ3n) is 6.49. The molecule has 2 aliphatic heterocycles. The summed E-state index contributed by atoms with van der Waals surface area (Å²) in [6.45, 7) is 6.22. The first-order valence-electron chi connectivity index (χ1n) is 12.3. The van der Waals surface area contributed by atoms with Gasteiger partial charge in [0.15, 0.2) is 0 Å². The monoisotopic (exact) mass is 525 g/mol. The average molecular weight is 526 g/mol. The number of benzene rings is 1. The zero-order valence-electron chi connectivity index (χ0n) is 20.7. The Morgan fingerprint density at radius 2 is 1.84 bits per heavy atom. The SMILES string of the molecule is C[C@@H]1CN(c2ncccc2C#N)CCN1c1cc(-c2cccc(OC(F)(F)F)c2)nc(N2CCOCC2)n1. The molecule has 0 spiro atoms. The van der Waals surface area contributed by atoms with E-state index in [-0.39, 0.29) is 11.8 Å². The average Bonchev–Trinajstić information content (AvgIpc) is 2.92. The Kier molecular flexibility index (Phi) is 7.20. The lowest BCUT2D eigenvalue weighted by atomic mass is 10.1. The number of halogens is 3. The number of nitriles is 1. The van der Waals surface area contributed by atoms with Gasteiger partial charge < -0.3 is 24.2 Å². The minimum Gasteiger partial charge on any atom is -0.406 e. The second-order valence-corrected chi connectivity index (χ2v) is 9.06. The molecule has 0 unspecified atom stereocenters. The van der Waals surface area contributed by atoms with Crippen LogP contribution in [0.4, 0.5) is 30.8 Å². The number of hydrogen-bond acceptors (Lipinski definition) is 9. The van der Waals surface area contributed by atoms with E-state index in [4.69, 9.17) is 14.7 Å². The molecule has 2 aliphatic rings. The van der Waals surface area contributed by atoms with Crippen LogP contribution in [0.2, 0.25) is 0 Å². The summed E-state index contributed by atoms with van der Waals surface area (Å²) in [5.74, 6) is 1.51. The topological polar surface area (TPSA) is 90.6 Å². The molecule has 0 saturated carbocycles. The Morgan fingerprint density at radius 3 is 2.58 bits per heavy atom. The first kappa shape index (κ1) is 25.5. The lowest BCUT2D eigenvalue weighted by Gasteiger charge is -2.41. The van der Waals surface area contributed by atoms with Gasteiger partial charge in [0.05, 0.1) is 24.5 Å². The summed E-state index contributed by atoms with van der Waals surface area (Å²) in [7, 11) is 0. The van der Waals surface area contributed by atoms with Crippen LogP contribution >= 0.6 is 0 Å². The summed E-state index contributed by atoms with van der Waals surface area (Å²) in [5.41, 5.74) is 1.51. The van der Waals surface area contributed by atoms with Crippen molar-refractivity contribution in [3.8, 4) is 23.1 Å². The third-order valence-corrected chi connectivity index (χ3v) is 6.49. The van der Waals surface area contributed by atoms with E-state index >= 15 is 0 Å². The molecule has 38 heavy (non-hydrogen) atoms. The van der Waals surface area contributed by atoms with Crippen LogP contribution in [-0.2, 0) is 4.74 Å². The van der Waals surface area contributed by atoms with Gasteiger partial charge in [-0.3, -0.25) is 0 Å². The number of nitrogens with zero attached hydrogens (tertiary/aromatic N) is 7. The summed E-state index contributed by atoms with van der Waals surface area (Å²) in [6, 6.07) is 13.3. The molecule has 0 bridgehead atoms.